The molecule has 0 saturated carbocycles. The first-order valence-electron chi connectivity index (χ1n) is 3.08. The average molecular weight is 216 g/mol. The molecule has 0 aliphatic carbocycles. The zero-order valence-corrected chi connectivity index (χ0v) is 7.89. The second-order valence-corrected chi connectivity index (χ2v) is 4.68. The quantitative estimate of drug-likeness (QED) is 0.581. The third-order valence-corrected chi connectivity index (χ3v) is 3.50. The predicted molar refractivity (Wildman–Crippen MR) is 39.5 cm³/mol. The van der Waals surface area contributed by atoms with Crippen LogP contribution in [0.15, 0.2) is 0 Å². The third kappa shape index (κ3) is 2.23. The molecule has 2 unspecified atom stereocenters. The van der Waals surface area contributed by atoms with Crippen molar-refractivity contribution in [3.63, 3.8) is 0 Å². The van der Waals surface area contributed by atoms with E-state index in [0.29, 0.717) is 0 Å². The minimum absolute atomic E-state index is 0.0634. The Bertz CT molecular complexity index is 269. The van der Waals surface area contributed by atoms with Crippen LogP contribution in [0.3, 0.4) is 0 Å². The van der Waals surface area contributed by atoms with Gasteiger partial charge >= 0.3 is 11.4 Å². The molecule has 1 rings (SSSR count). The molecular weight excluding hydrogens is 208 g/mol. The Morgan fingerprint density at radius 2 is 2.25 bits per heavy atom. The molecule has 0 radical (unpaired) electrons. The number of hydrogen-bond acceptors (Lipinski definition) is 6. The largest absolute Gasteiger partial charge is 0.305 e. The molecule has 0 N–H and O–H groups in total. The standard InChI is InChI=1S/C4H8O6S2/c1-8-11(5)10-4-2-3-9-12(4,6)7/h4H,2-3H2,1H3. The highest BCUT2D eigenvalue weighted by molar-refractivity contribution is 7.88. The molecule has 0 aromatic carbocycles. The summed E-state index contributed by atoms with van der Waals surface area (Å²) in [6.45, 7) is 0.0634. The summed E-state index contributed by atoms with van der Waals surface area (Å²) in [5.74, 6) is 0. The van der Waals surface area contributed by atoms with Crippen molar-refractivity contribution in [1.29, 1.82) is 0 Å². The lowest BCUT2D eigenvalue weighted by Crippen LogP contribution is -2.20. The Morgan fingerprint density at radius 3 is 2.67 bits per heavy atom. The van der Waals surface area contributed by atoms with Gasteiger partial charge in [0.25, 0.3) is 10.1 Å². The second-order valence-electron chi connectivity index (χ2n) is 2.00. The fourth-order valence-corrected chi connectivity index (χ4v) is 2.50. The van der Waals surface area contributed by atoms with E-state index in [1.165, 1.54) is 0 Å². The first kappa shape index (κ1) is 10.1. The van der Waals surface area contributed by atoms with Gasteiger partial charge in [0.1, 0.15) is 0 Å². The Morgan fingerprint density at radius 1 is 1.58 bits per heavy atom. The molecule has 0 amide bonds. The Balaban J connectivity index is 2.59. The van der Waals surface area contributed by atoms with Gasteiger partial charge in [0.15, 0.2) is 0 Å². The summed E-state index contributed by atoms with van der Waals surface area (Å²) in [5, 5.41) is 0. The molecule has 1 aliphatic heterocycles. The van der Waals surface area contributed by atoms with Crippen molar-refractivity contribution >= 4 is 21.5 Å². The predicted octanol–water partition coefficient (Wildman–Crippen LogP) is -0.696. The minimum Gasteiger partial charge on any atom is -0.272 e. The van der Waals surface area contributed by atoms with Crippen molar-refractivity contribution in [2.75, 3.05) is 13.7 Å². The first-order chi connectivity index (χ1) is 5.56. The Hall–Kier alpha value is -0.0200. The van der Waals surface area contributed by atoms with Crippen molar-refractivity contribution < 1.29 is 25.2 Å². The highest BCUT2D eigenvalue weighted by Gasteiger charge is 2.35. The van der Waals surface area contributed by atoms with E-state index in [4.69, 9.17) is 0 Å². The molecule has 1 saturated heterocycles. The van der Waals surface area contributed by atoms with E-state index in [-0.39, 0.29) is 13.0 Å². The van der Waals surface area contributed by atoms with E-state index in [1.807, 2.05) is 0 Å². The van der Waals surface area contributed by atoms with E-state index < -0.39 is 26.9 Å². The van der Waals surface area contributed by atoms with Crippen molar-refractivity contribution in [3.8, 4) is 0 Å². The second kappa shape index (κ2) is 3.79. The molecule has 0 bridgehead atoms. The van der Waals surface area contributed by atoms with E-state index in [9.17, 15) is 12.6 Å². The van der Waals surface area contributed by atoms with Crippen LogP contribution in [0.25, 0.3) is 0 Å². The summed E-state index contributed by atoms with van der Waals surface area (Å²) in [4.78, 5) is 0. The van der Waals surface area contributed by atoms with Crippen LogP contribution in [0.5, 0.6) is 0 Å². The zero-order chi connectivity index (χ0) is 9.19. The highest BCUT2D eigenvalue weighted by Crippen LogP contribution is 2.19. The summed E-state index contributed by atoms with van der Waals surface area (Å²) < 4.78 is 45.5. The van der Waals surface area contributed by atoms with Crippen molar-refractivity contribution in [3.05, 3.63) is 0 Å². The molecule has 72 valence electrons. The molecular formula is C4H8O6S2. The van der Waals surface area contributed by atoms with Crippen LogP contribution < -0.4 is 0 Å². The van der Waals surface area contributed by atoms with Crippen LogP contribution in [-0.2, 0) is 34.0 Å². The van der Waals surface area contributed by atoms with Gasteiger partial charge in [-0.05, 0) is 0 Å². The molecule has 6 nitrogen and oxygen atoms in total. The fourth-order valence-electron chi connectivity index (χ4n) is 0.704. The summed E-state index contributed by atoms with van der Waals surface area (Å²) in [7, 11) is -2.54. The molecule has 8 heteroatoms. The van der Waals surface area contributed by atoms with Crippen molar-refractivity contribution in [2.45, 2.75) is 11.9 Å². The topological polar surface area (TPSA) is 78.9 Å². The van der Waals surface area contributed by atoms with Crippen LogP contribution in [0.1, 0.15) is 6.42 Å². The zero-order valence-electron chi connectivity index (χ0n) is 6.26. The lowest BCUT2D eigenvalue weighted by molar-refractivity contribution is 0.253. The smallest absolute Gasteiger partial charge is 0.272 e. The maximum atomic E-state index is 10.9. The summed E-state index contributed by atoms with van der Waals surface area (Å²) in [5.41, 5.74) is -1.17. The van der Waals surface area contributed by atoms with E-state index in [0.717, 1.165) is 7.11 Å². The maximum Gasteiger partial charge on any atom is 0.305 e. The average Bonchev–Trinajstić information content (AvgIpc) is 2.31. The number of rotatable bonds is 3. The van der Waals surface area contributed by atoms with Gasteiger partial charge in [-0.3, -0.25) is 8.37 Å². The highest BCUT2D eigenvalue weighted by atomic mass is 32.2. The number of hydrogen-bond donors (Lipinski definition) is 0. The molecule has 1 aliphatic rings. The van der Waals surface area contributed by atoms with Crippen LogP contribution >= 0.6 is 0 Å². The lowest BCUT2D eigenvalue weighted by atomic mass is 10.5. The van der Waals surface area contributed by atoms with Gasteiger partial charge in [0.2, 0.25) is 5.44 Å². The van der Waals surface area contributed by atoms with Gasteiger partial charge in [0, 0.05) is 6.42 Å². The minimum atomic E-state index is -3.69. The SMILES string of the molecule is COS(=O)OC1CCOS1(=O)=O. The van der Waals surface area contributed by atoms with Gasteiger partial charge in [-0.1, -0.05) is 0 Å². The summed E-state index contributed by atoms with van der Waals surface area (Å²) in [6.07, 6.45) is 0.178. The molecule has 1 heterocycles. The normalized spacial score (nSPS) is 30.2. The fraction of sp³-hybridized carbons (Fsp3) is 1.00. The van der Waals surface area contributed by atoms with Crippen molar-refractivity contribution in [2.24, 2.45) is 0 Å². The summed E-state index contributed by atoms with van der Waals surface area (Å²) >= 11 is -2.02. The van der Waals surface area contributed by atoms with Gasteiger partial charge in [-0.25, -0.2) is 4.18 Å². The molecule has 0 aromatic rings. The molecule has 12 heavy (non-hydrogen) atoms. The first-order valence-corrected chi connectivity index (χ1v) is 5.55. The molecule has 0 aromatic heterocycles. The monoisotopic (exact) mass is 216 g/mol. The van der Waals surface area contributed by atoms with E-state index in [1.54, 1.807) is 0 Å². The van der Waals surface area contributed by atoms with Gasteiger partial charge in [-0.2, -0.15) is 12.6 Å². The van der Waals surface area contributed by atoms with Crippen LogP contribution in [-0.4, -0.2) is 31.8 Å². The summed E-state index contributed by atoms with van der Waals surface area (Å²) in [6, 6.07) is 0. The van der Waals surface area contributed by atoms with Gasteiger partial charge in [-0.15, -0.1) is 0 Å². The Labute approximate surface area is 72.8 Å². The van der Waals surface area contributed by atoms with Crippen LogP contribution in [0, 0.1) is 0 Å². The molecule has 2 atom stereocenters. The lowest BCUT2D eigenvalue weighted by Gasteiger charge is -2.05. The van der Waals surface area contributed by atoms with E-state index >= 15 is 0 Å². The Kier molecular flexibility index (Phi) is 3.18. The molecule has 1 fully saturated rings. The van der Waals surface area contributed by atoms with Gasteiger partial charge < -0.3 is 0 Å². The molecule has 0 spiro atoms. The van der Waals surface area contributed by atoms with Crippen LogP contribution in [0.4, 0.5) is 0 Å². The maximum absolute atomic E-state index is 10.9. The van der Waals surface area contributed by atoms with Crippen molar-refractivity contribution in [1.82, 2.24) is 0 Å². The van der Waals surface area contributed by atoms with E-state index in [2.05, 4.69) is 12.5 Å². The van der Waals surface area contributed by atoms with Crippen LogP contribution in [0.2, 0.25) is 0 Å². The van der Waals surface area contributed by atoms with Gasteiger partial charge in [0.05, 0.1) is 13.7 Å². The third-order valence-electron chi connectivity index (χ3n) is 1.25.